The van der Waals surface area contributed by atoms with Crippen molar-refractivity contribution in [1.29, 1.82) is 0 Å². The Morgan fingerprint density at radius 2 is 2.00 bits per heavy atom. The van der Waals surface area contributed by atoms with Gasteiger partial charge in [0.05, 0.1) is 12.1 Å². The highest BCUT2D eigenvalue weighted by molar-refractivity contribution is 14.1. The molecule has 114 valence electrons. The van der Waals surface area contributed by atoms with E-state index in [-0.39, 0.29) is 12.5 Å². The molecule has 1 fully saturated rings. The van der Waals surface area contributed by atoms with Crippen LogP contribution in [0.4, 0.5) is 0 Å². The Hall–Kier alpha value is -1.15. The lowest BCUT2D eigenvalue weighted by molar-refractivity contribution is -0.138. The molecule has 0 saturated carbocycles. The lowest BCUT2D eigenvalue weighted by Crippen LogP contribution is -2.37. The first kappa shape index (κ1) is 16.2. The molecule has 0 unspecified atom stereocenters. The lowest BCUT2D eigenvalue weighted by atomic mass is 10.1. The molecule has 0 radical (unpaired) electrons. The van der Waals surface area contributed by atoms with Crippen LogP contribution in [0.5, 0.6) is 0 Å². The van der Waals surface area contributed by atoms with Crippen molar-refractivity contribution in [3.8, 4) is 0 Å². The summed E-state index contributed by atoms with van der Waals surface area (Å²) in [6.07, 6.45) is 0.807. The molecule has 1 heterocycles. The highest BCUT2D eigenvalue weighted by atomic mass is 127. The monoisotopic (exact) mass is 402 g/mol. The number of aryl methyl sites for hydroxylation is 1. The molecule has 1 aromatic rings. The molecule has 1 amide bonds. The van der Waals surface area contributed by atoms with E-state index in [0.29, 0.717) is 19.6 Å². The van der Waals surface area contributed by atoms with Crippen LogP contribution in [0, 0.1) is 10.5 Å². The number of carbonyl (C=O) groups excluding carboxylic acids is 1. The van der Waals surface area contributed by atoms with Gasteiger partial charge in [-0.15, -0.1) is 0 Å². The summed E-state index contributed by atoms with van der Waals surface area (Å²) in [5, 5.41) is 8.85. The fourth-order valence-corrected chi connectivity index (χ4v) is 3.10. The minimum Gasteiger partial charge on any atom is -0.480 e. The van der Waals surface area contributed by atoms with E-state index in [1.54, 1.807) is 0 Å². The van der Waals surface area contributed by atoms with Gasteiger partial charge in [0.15, 0.2) is 0 Å². The van der Waals surface area contributed by atoms with Gasteiger partial charge in [-0.3, -0.25) is 14.5 Å². The van der Waals surface area contributed by atoms with Crippen molar-refractivity contribution >= 4 is 34.5 Å². The first-order valence-corrected chi connectivity index (χ1v) is 8.05. The number of benzene rings is 1. The molecule has 1 saturated heterocycles. The second-order valence-corrected chi connectivity index (χ2v) is 6.33. The molecule has 1 aromatic carbocycles. The molecule has 6 heteroatoms. The second kappa shape index (κ2) is 7.22. The Labute approximate surface area is 138 Å². The second-order valence-electron chi connectivity index (χ2n) is 5.25. The van der Waals surface area contributed by atoms with Gasteiger partial charge < -0.3 is 10.0 Å². The van der Waals surface area contributed by atoms with Gasteiger partial charge in [-0.25, -0.2) is 0 Å². The first-order valence-electron chi connectivity index (χ1n) is 6.97. The number of hydrogen-bond donors (Lipinski definition) is 1. The molecule has 0 aromatic heterocycles. The molecule has 2 rings (SSSR count). The number of carboxylic acids is 1. The first-order chi connectivity index (χ1) is 9.99. The molecule has 1 aliphatic rings. The van der Waals surface area contributed by atoms with Crippen LogP contribution in [-0.2, 0) is 4.79 Å². The van der Waals surface area contributed by atoms with Gasteiger partial charge in [0, 0.05) is 29.7 Å². The van der Waals surface area contributed by atoms with Crippen LogP contribution < -0.4 is 0 Å². The predicted octanol–water partition coefficient (Wildman–Crippen LogP) is 1.83. The minimum atomic E-state index is -0.817. The Morgan fingerprint density at radius 1 is 1.24 bits per heavy atom. The molecule has 1 aliphatic heterocycles. The van der Waals surface area contributed by atoms with Gasteiger partial charge in [-0.05, 0) is 47.6 Å². The third-order valence-electron chi connectivity index (χ3n) is 3.66. The maximum atomic E-state index is 12.6. The Bertz CT molecular complexity index is 548. The maximum absolute atomic E-state index is 12.6. The summed E-state index contributed by atoms with van der Waals surface area (Å²) in [5.41, 5.74) is 1.84. The van der Waals surface area contributed by atoms with Crippen molar-refractivity contribution < 1.29 is 14.7 Å². The largest absolute Gasteiger partial charge is 0.480 e. The zero-order chi connectivity index (χ0) is 15.4. The molecule has 0 aliphatic carbocycles. The van der Waals surface area contributed by atoms with Crippen molar-refractivity contribution in [1.82, 2.24) is 9.80 Å². The summed E-state index contributed by atoms with van der Waals surface area (Å²) in [6, 6.07) is 5.76. The topological polar surface area (TPSA) is 60.9 Å². The van der Waals surface area contributed by atoms with Crippen molar-refractivity contribution in [2.75, 3.05) is 32.7 Å². The molecule has 21 heavy (non-hydrogen) atoms. The van der Waals surface area contributed by atoms with Crippen LogP contribution in [0.3, 0.4) is 0 Å². The van der Waals surface area contributed by atoms with Crippen LogP contribution in [0.2, 0.25) is 0 Å². The smallest absolute Gasteiger partial charge is 0.317 e. The molecular formula is C15H19IN2O3. The number of hydrogen-bond acceptors (Lipinski definition) is 3. The average Bonchev–Trinajstić information content (AvgIpc) is 2.66. The highest BCUT2D eigenvalue weighted by Crippen LogP contribution is 2.19. The van der Waals surface area contributed by atoms with Crippen molar-refractivity contribution in [3.05, 3.63) is 32.9 Å². The Kier molecular flexibility index (Phi) is 5.58. The van der Waals surface area contributed by atoms with Gasteiger partial charge in [-0.1, -0.05) is 12.1 Å². The number of halogens is 1. The predicted molar refractivity (Wildman–Crippen MR) is 88.5 cm³/mol. The summed E-state index contributed by atoms with van der Waals surface area (Å²) in [6.45, 7) is 4.64. The number of rotatable bonds is 3. The van der Waals surface area contributed by atoms with Crippen molar-refractivity contribution in [2.24, 2.45) is 0 Å². The quantitative estimate of drug-likeness (QED) is 0.784. The van der Waals surface area contributed by atoms with Crippen LogP contribution in [0.25, 0.3) is 0 Å². The van der Waals surface area contributed by atoms with Gasteiger partial charge in [0.2, 0.25) is 0 Å². The summed E-state index contributed by atoms with van der Waals surface area (Å²) in [4.78, 5) is 27.1. The molecule has 5 nitrogen and oxygen atoms in total. The van der Waals surface area contributed by atoms with Crippen LogP contribution in [-0.4, -0.2) is 59.5 Å². The van der Waals surface area contributed by atoms with Gasteiger partial charge in [-0.2, -0.15) is 0 Å². The third-order valence-corrected chi connectivity index (χ3v) is 5.09. The summed E-state index contributed by atoms with van der Waals surface area (Å²) in [5.74, 6) is -0.775. The van der Waals surface area contributed by atoms with Gasteiger partial charge in [0.1, 0.15) is 0 Å². The molecule has 1 N–H and O–H groups in total. The van der Waals surface area contributed by atoms with Crippen LogP contribution in [0.1, 0.15) is 22.3 Å². The van der Waals surface area contributed by atoms with Crippen LogP contribution >= 0.6 is 22.6 Å². The maximum Gasteiger partial charge on any atom is 0.317 e. The Morgan fingerprint density at radius 3 is 2.71 bits per heavy atom. The average molecular weight is 402 g/mol. The standard InChI is InChI=1S/C15H19IN2O3/c1-11-4-2-5-12(14(11)16)15(21)18-7-3-6-17(8-9-18)10-13(19)20/h2,4-5H,3,6-10H2,1H3,(H,19,20). The number of carboxylic acid groups (broad SMARTS) is 1. The lowest BCUT2D eigenvalue weighted by Gasteiger charge is -2.22. The fraction of sp³-hybridized carbons (Fsp3) is 0.467. The zero-order valence-corrected chi connectivity index (χ0v) is 14.2. The molecule has 0 bridgehead atoms. The van der Waals surface area contributed by atoms with E-state index in [0.717, 1.165) is 27.7 Å². The minimum absolute atomic E-state index is 0.0419. The van der Waals surface area contributed by atoms with E-state index in [2.05, 4.69) is 22.6 Å². The summed E-state index contributed by atoms with van der Waals surface area (Å²) in [7, 11) is 0. The van der Waals surface area contributed by atoms with E-state index in [1.165, 1.54) is 0 Å². The summed E-state index contributed by atoms with van der Waals surface area (Å²) < 4.78 is 0.992. The zero-order valence-electron chi connectivity index (χ0n) is 12.0. The number of aliphatic carboxylic acids is 1. The number of carbonyl (C=O) groups is 2. The molecule has 0 atom stereocenters. The van der Waals surface area contributed by atoms with Gasteiger partial charge in [0.25, 0.3) is 5.91 Å². The molecular weight excluding hydrogens is 383 g/mol. The number of nitrogens with zero attached hydrogens (tertiary/aromatic N) is 2. The van der Waals surface area contributed by atoms with E-state index >= 15 is 0 Å². The number of amides is 1. The molecule has 0 spiro atoms. The van der Waals surface area contributed by atoms with E-state index < -0.39 is 5.97 Å². The SMILES string of the molecule is Cc1cccc(C(=O)N2CCCN(CC(=O)O)CC2)c1I. The third kappa shape index (κ3) is 4.16. The van der Waals surface area contributed by atoms with Crippen LogP contribution in [0.15, 0.2) is 18.2 Å². The van der Waals surface area contributed by atoms with E-state index in [9.17, 15) is 9.59 Å². The normalized spacial score (nSPS) is 16.6. The fourth-order valence-electron chi connectivity index (χ4n) is 2.51. The van der Waals surface area contributed by atoms with E-state index in [4.69, 9.17) is 5.11 Å². The Balaban J connectivity index is 2.06. The van der Waals surface area contributed by atoms with E-state index in [1.807, 2.05) is 34.9 Å². The summed E-state index contributed by atoms with van der Waals surface area (Å²) >= 11 is 2.21. The van der Waals surface area contributed by atoms with Gasteiger partial charge >= 0.3 is 5.97 Å². The highest BCUT2D eigenvalue weighted by Gasteiger charge is 2.22. The van der Waals surface area contributed by atoms with Crippen molar-refractivity contribution in [3.63, 3.8) is 0 Å². The van der Waals surface area contributed by atoms with Crippen molar-refractivity contribution in [2.45, 2.75) is 13.3 Å².